The van der Waals surface area contributed by atoms with E-state index in [4.69, 9.17) is 39.5 Å². The predicted octanol–water partition coefficient (Wildman–Crippen LogP) is 3.82. The zero-order valence-corrected chi connectivity index (χ0v) is 8.62. The molecule has 0 amide bonds. The van der Waals surface area contributed by atoms with Crippen LogP contribution in [0.25, 0.3) is 0 Å². The van der Waals surface area contributed by atoms with Crippen LogP contribution < -0.4 is 4.74 Å². The monoisotopic (exact) mass is 224 g/mol. The fourth-order valence-corrected chi connectivity index (χ4v) is 1.36. The Kier molecular flexibility index (Phi) is 3.51. The van der Waals surface area contributed by atoms with Crippen LogP contribution in [0.3, 0.4) is 0 Å². The van der Waals surface area contributed by atoms with Crippen molar-refractivity contribution in [3.63, 3.8) is 0 Å². The summed E-state index contributed by atoms with van der Waals surface area (Å²) in [6.45, 7) is 0. The number of hydrogen-bond acceptors (Lipinski definition) is 1. The molecule has 0 unspecified atom stereocenters. The molecule has 0 N–H and O–H groups in total. The lowest BCUT2D eigenvalue weighted by Crippen LogP contribution is -1.86. The minimum atomic E-state index is -0.548. The first kappa shape index (κ1) is 9.97. The standard InChI is InChI=1S/C8H7Cl3O/c1-12-7-3-2-5(8(10)11)4-6(7)9/h2-4,8H,1H3. The number of halogens is 3. The summed E-state index contributed by atoms with van der Waals surface area (Å²) in [5.74, 6) is 0.620. The van der Waals surface area contributed by atoms with Gasteiger partial charge in [-0.25, -0.2) is 0 Å². The van der Waals surface area contributed by atoms with Crippen molar-refractivity contribution in [2.24, 2.45) is 0 Å². The van der Waals surface area contributed by atoms with E-state index < -0.39 is 4.84 Å². The molecule has 0 atom stereocenters. The first-order chi connectivity index (χ1) is 5.65. The van der Waals surface area contributed by atoms with Crippen LogP contribution in [-0.4, -0.2) is 7.11 Å². The molecule has 0 bridgehead atoms. The molecule has 1 aromatic carbocycles. The molecule has 0 radical (unpaired) electrons. The van der Waals surface area contributed by atoms with Crippen LogP contribution in [0.5, 0.6) is 5.75 Å². The van der Waals surface area contributed by atoms with Gasteiger partial charge in [0.1, 0.15) is 10.6 Å². The number of benzene rings is 1. The first-order valence-corrected chi connectivity index (χ1v) is 4.52. The van der Waals surface area contributed by atoms with Crippen LogP contribution in [0, 0.1) is 0 Å². The molecule has 1 nitrogen and oxygen atoms in total. The lowest BCUT2D eigenvalue weighted by atomic mass is 10.2. The number of hydrogen-bond donors (Lipinski definition) is 0. The van der Waals surface area contributed by atoms with Crippen molar-refractivity contribution >= 4 is 34.8 Å². The Morgan fingerprint density at radius 1 is 1.33 bits per heavy atom. The van der Waals surface area contributed by atoms with Gasteiger partial charge in [0.15, 0.2) is 0 Å². The van der Waals surface area contributed by atoms with E-state index in [2.05, 4.69) is 0 Å². The van der Waals surface area contributed by atoms with Crippen molar-refractivity contribution in [1.29, 1.82) is 0 Å². The van der Waals surface area contributed by atoms with Gasteiger partial charge in [-0.2, -0.15) is 0 Å². The molecule has 0 heterocycles. The van der Waals surface area contributed by atoms with E-state index in [-0.39, 0.29) is 0 Å². The third kappa shape index (κ3) is 2.19. The van der Waals surface area contributed by atoms with Crippen molar-refractivity contribution in [3.05, 3.63) is 28.8 Å². The molecular weight excluding hydrogens is 218 g/mol. The van der Waals surface area contributed by atoms with Crippen LogP contribution >= 0.6 is 34.8 Å². The minimum absolute atomic E-state index is 0.515. The van der Waals surface area contributed by atoms with E-state index >= 15 is 0 Å². The van der Waals surface area contributed by atoms with Crippen LogP contribution in [-0.2, 0) is 0 Å². The summed E-state index contributed by atoms with van der Waals surface area (Å²) in [6, 6.07) is 5.19. The largest absolute Gasteiger partial charge is 0.495 e. The Bertz CT molecular complexity index is 273. The van der Waals surface area contributed by atoms with Gasteiger partial charge in [0.25, 0.3) is 0 Å². The summed E-state index contributed by atoms with van der Waals surface area (Å²) < 4.78 is 4.96. The maximum Gasteiger partial charge on any atom is 0.137 e. The summed E-state index contributed by atoms with van der Waals surface area (Å²) >= 11 is 17.1. The Morgan fingerprint density at radius 3 is 2.42 bits per heavy atom. The highest BCUT2D eigenvalue weighted by atomic mass is 35.5. The van der Waals surface area contributed by atoms with Crippen LogP contribution in [0.1, 0.15) is 10.4 Å². The molecule has 0 aliphatic heterocycles. The van der Waals surface area contributed by atoms with E-state index in [1.165, 1.54) is 0 Å². The van der Waals surface area contributed by atoms with Gasteiger partial charge in [0.2, 0.25) is 0 Å². The summed E-state index contributed by atoms with van der Waals surface area (Å²) in [6.07, 6.45) is 0. The van der Waals surface area contributed by atoms with E-state index in [1.54, 1.807) is 25.3 Å². The Hall–Kier alpha value is -0.110. The zero-order chi connectivity index (χ0) is 9.14. The number of alkyl halides is 2. The number of rotatable bonds is 2. The summed E-state index contributed by atoms with van der Waals surface area (Å²) in [4.78, 5) is -0.548. The topological polar surface area (TPSA) is 9.23 Å². The molecule has 1 rings (SSSR count). The van der Waals surface area contributed by atoms with E-state index in [0.717, 1.165) is 5.56 Å². The quantitative estimate of drug-likeness (QED) is 0.695. The fourth-order valence-electron chi connectivity index (χ4n) is 0.818. The highest BCUT2D eigenvalue weighted by Crippen LogP contribution is 2.31. The molecule has 0 aliphatic rings. The van der Waals surface area contributed by atoms with Gasteiger partial charge in [-0.3, -0.25) is 0 Å². The third-order valence-corrected chi connectivity index (χ3v) is 2.23. The molecule has 0 spiro atoms. The lowest BCUT2D eigenvalue weighted by molar-refractivity contribution is 0.415. The van der Waals surface area contributed by atoms with Crippen molar-refractivity contribution in [3.8, 4) is 5.75 Å². The summed E-state index contributed by atoms with van der Waals surface area (Å²) in [5, 5.41) is 0.515. The molecular formula is C8H7Cl3O. The molecule has 12 heavy (non-hydrogen) atoms. The molecule has 1 aromatic rings. The smallest absolute Gasteiger partial charge is 0.137 e. The maximum absolute atomic E-state index is 5.83. The average Bonchev–Trinajstić information content (AvgIpc) is 2.04. The van der Waals surface area contributed by atoms with Gasteiger partial charge in [0, 0.05) is 0 Å². The van der Waals surface area contributed by atoms with Crippen LogP contribution in [0.15, 0.2) is 18.2 Å². The predicted molar refractivity (Wildman–Crippen MR) is 52.5 cm³/mol. The first-order valence-electron chi connectivity index (χ1n) is 3.26. The minimum Gasteiger partial charge on any atom is -0.495 e. The molecule has 66 valence electrons. The van der Waals surface area contributed by atoms with Crippen LogP contribution in [0.2, 0.25) is 5.02 Å². The Labute approximate surface area is 86.2 Å². The van der Waals surface area contributed by atoms with E-state index in [0.29, 0.717) is 10.8 Å². The van der Waals surface area contributed by atoms with E-state index in [9.17, 15) is 0 Å². The molecule has 0 saturated carbocycles. The maximum atomic E-state index is 5.83. The molecule has 0 aromatic heterocycles. The van der Waals surface area contributed by atoms with Crippen molar-refractivity contribution in [2.75, 3.05) is 7.11 Å². The summed E-state index contributed by atoms with van der Waals surface area (Å²) in [7, 11) is 1.56. The number of ether oxygens (including phenoxy) is 1. The molecule has 4 heteroatoms. The average molecular weight is 226 g/mol. The molecule has 0 aliphatic carbocycles. The zero-order valence-electron chi connectivity index (χ0n) is 6.35. The third-order valence-electron chi connectivity index (χ3n) is 1.43. The van der Waals surface area contributed by atoms with Crippen LogP contribution in [0.4, 0.5) is 0 Å². The number of methoxy groups -OCH3 is 1. The van der Waals surface area contributed by atoms with Gasteiger partial charge < -0.3 is 4.74 Å². The van der Waals surface area contributed by atoms with Gasteiger partial charge in [0.05, 0.1) is 12.1 Å². The van der Waals surface area contributed by atoms with Gasteiger partial charge in [-0.15, -0.1) is 23.2 Å². The SMILES string of the molecule is COc1ccc(C(Cl)Cl)cc1Cl. The second-order valence-corrected chi connectivity index (χ2v) is 3.70. The summed E-state index contributed by atoms with van der Waals surface area (Å²) in [5.41, 5.74) is 0.768. The molecule has 0 fully saturated rings. The Morgan fingerprint density at radius 2 is 2.00 bits per heavy atom. The van der Waals surface area contributed by atoms with Gasteiger partial charge >= 0.3 is 0 Å². The molecule has 0 saturated heterocycles. The van der Waals surface area contributed by atoms with Crippen molar-refractivity contribution in [1.82, 2.24) is 0 Å². The Balaban J connectivity index is 3.02. The second kappa shape index (κ2) is 4.22. The van der Waals surface area contributed by atoms with E-state index in [1.807, 2.05) is 0 Å². The van der Waals surface area contributed by atoms with Crippen molar-refractivity contribution < 1.29 is 4.74 Å². The second-order valence-electron chi connectivity index (χ2n) is 2.19. The highest BCUT2D eigenvalue weighted by Gasteiger charge is 2.06. The normalized spacial score (nSPS) is 10.4. The van der Waals surface area contributed by atoms with Gasteiger partial charge in [-0.1, -0.05) is 17.7 Å². The van der Waals surface area contributed by atoms with Crippen molar-refractivity contribution in [2.45, 2.75) is 4.84 Å². The lowest BCUT2D eigenvalue weighted by Gasteiger charge is -2.05. The fraction of sp³-hybridized carbons (Fsp3) is 0.250. The van der Waals surface area contributed by atoms with Gasteiger partial charge in [-0.05, 0) is 17.7 Å². The highest BCUT2D eigenvalue weighted by molar-refractivity contribution is 6.44.